The number of nitrogens with two attached hydrogens (primary N) is 1. The molecular formula is C11H15N5O5. The molecule has 0 spiro atoms. The molecule has 1 aliphatic rings. The van der Waals surface area contributed by atoms with Gasteiger partial charge in [-0.25, -0.2) is 4.98 Å². The molecule has 10 heteroatoms. The Morgan fingerprint density at radius 3 is 2.76 bits per heavy atom. The van der Waals surface area contributed by atoms with Crippen molar-refractivity contribution in [1.29, 1.82) is 0 Å². The van der Waals surface area contributed by atoms with E-state index >= 15 is 0 Å². The van der Waals surface area contributed by atoms with Crippen molar-refractivity contribution < 1.29 is 24.8 Å². The number of aliphatic hydroxyl groups is 3. The number of methoxy groups -OCH3 is 1. The van der Waals surface area contributed by atoms with Gasteiger partial charge in [0.2, 0.25) is 0 Å². The third-order valence-electron chi connectivity index (χ3n) is 3.40. The SMILES string of the molecule is COc1nc(N)c2ncn([C@H]3O[C@H](CO)[C@H](O)[C@@H]3O)c2n1. The highest BCUT2D eigenvalue weighted by molar-refractivity contribution is 5.82. The Morgan fingerprint density at radius 1 is 1.38 bits per heavy atom. The molecule has 21 heavy (non-hydrogen) atoms. The molecule has 3 rings (SSSR count). The third kappa shape index (κ3) is 2.08. The number of imidazole rings is 1. The Hall–Kier alpha value is -2.01. The maximum absolute atomic E-state index is 10.0. The van der Waals surface area contributed by atoms with Crippen LogP contribution in [0.5, 0.6) is 6.01 Å². The van der Waals surface area contributed by atoms with Crippen molar-refractivity contribution in [3.8, 4) is 6.01 Å². The number of hydrogen-bond donors (Lipinski definition) is 4. The molecule has 1 aliphatic heterocycles. The molecule has 0 radical (unpaired) electrons. The maximum Gasteiger partial charge on any atom is 0.320 e. The Balaban J connectivity index is 2.07. The standard InChI is InChI=1S/C11H15N5O5/c1-20-11-14-8(12)5-9(15-11)16(3-13-5)10-7(19)6(18)4(2-17)21-10/h3-4,6-7,10,17-19H,2H2,1H3,(H2,12,14,15)/t4-,6+,7+,10+/m1/s1. The van der Waals surface area contributed by atoms with Crippen LogP contribution in [0.25, 0.3) is 11.2 Å². The van der Waals surface area contributed by atoms with E-state index in [1.165, 1.54) is 18.0 Å². The zero-order valence-electron chi connectivity index (χ0n) is 11.1. The molecular weight excluding hydrogens is 282 g/mol. The summed E-state index contributed by atoms with van der Waals surface area (Å²) in [5.41, 5.74) is 6.39. The second kappa shape index (κ2) is 5.07. The molecule has 10 nitrogen and oxygen atoms in total. The van der Waals surface area contributed by atoms with E-state index in [-0.39, 0.29) is 11.8 Å². The second-order valence-corrected chi connectivity index (χ2v) is 4.65. The lowest BCUT2D eigenvalue weighted by molar-refractivity contribution is -0.0511. The van der Waals surface area contributed by atoms with E-state index in [9.17, 15) is 10.2 Å². The van der Waals surface area contributed by atoms with Gasteiger partial charge in [-0.2, -0.15) is 9.97 Å². The van der Waals surface area contributed by atoms with Gasteiger partial charge in [0.25, 0.3) is 0 Å². The Kier molecular flexibility index (Phi) is 3.37. The van der Waals surface area contributed by atoms with Crippen molar-refractivity contribution in [2.45, 2.75) is 24.5 Å². The van der Waals surface area contributed by atoms with Crippen LogP contribution in [0, 0.1) is 0 Å². The van der Waals surface area contributed by atoms with Gasteiger partial charge in [-0.05, 0) is 0 Å². The van der Waals surface area contributed by atoms with Crippen molar-refractivity contribution in [3.63, 3.8) is 0 Å². The van der Waals surface area contributed by atoms with Crippen molar-refractivity contribution in [2.24, 2.45) is 0 Å². The summed E-state index contributed by atoms with van der Waals surface area (Å²) in [6, 6.07) is 0.0495. The molecule has 0 aromatic carbocycles. The van der Waals surface area contributed by atoms with E-state index in [1.807, 2.05) is 0 Å². The van der Waals surface area contributed by atoms with Crippen LogP contribution in [0.15, 0.2) is 6.33 Å². The monoisotopic (exact) mass is 297 g/mol. The largest absolute Gasteiger partial charge is 0.467 e. The first kappa shape index (κ1) is 13.9. The van der Waals surface area contributed by atoms with Gasteiger partial charge < -0.3 is 30.5 Å². The molecule has 5 N–H and O–H groups in total. The van der Waals surface area contributed by atoms with Gasteiger partial charge in [0.05, 0.1) is 20.0 Å². The highest BCUT2D eigenvalue weighted by Crippen LogP contribution is 2.32. The van der Waals surface area contributed by atoms with Crippen LogP contribution in [0.1, 0.15) is 6.23 Å². The first-order valence-electron chi connectivity index (χ1n) is 6.23. The number of anilines is 1. The van der Waals surface area contributed by atoms with Crippen LogP contribution < -0.4 is 10.5 Å². The van der Waals surface area contributed by atoms with E-state index in [0.717, 1.165) is 0 Å². The smallest absolute Gasteiger partial charge is 0.320 e. The molecule has 4 atom stereocenters. The van der Waals surface area contributed by atoms with Gasteiger partial charge in [-0.1, -0.05) is 0 Å². The minimum absolute atomic E-state index is 0.0495. The quantitative estimate of drug-likeness (QED) is 0.506. The Morgan fingerprint density at radius 2 is 2.14 bits per heavy atom. The fourth-order valence-corrected chi connectivity index (χ4v) is 2.30. The molecule has 0 saturated carbocycles. The minimum Gasteiger partial charge on any atom is -0.467 e. The first-order valence-corrected chi connectivity index (χ1v) is 6.23. The summed E-state index contributed by atoms with van der Waals surface area (Å²) in [6.07, 6.45) is -2.90. The van der Waals surface area contributed by atoms with Crippen molar-refractivity contribution in [1.82, 2.24) is 19.5 Å². The van der Waals surface area contributed by atoms with Crippen LogP contribution in [0.2, 0.25) is 0 Å². The van der Waals surface area contributed by atoms with Crippen molar-refractivity contribution >= 4 is 17.0 Å². The number of aliphatic hydroxyl groups excluding tert-OH is 3. The zero-order valence-corrected chi connectivity index (χ0v) is 11.1. The van der Waals surface area contributed by atoms with Crippen LogP contribution in [0.3, 0.4) is 0 Å². The van der Waals surface area contributed by atoms with Gasteiger partial charge in [0.15, 0.2) is 23.2 Å². The van der Waals surface area contributed by atoms with E-state index in [2.05, 4.69) is 15.0 Å². The van der Waals surface area contributed by atoms with Gasteiger partial charge in [-0.15, -0.1) is 0 Å². The van der Waals surface area contributed by atoms with Gasteiger partial charge in [0, 0.05) is 0 Å². The summed E-state index contributed by atoms with van der Waals surface area (Å²) in [7, 11) is 1.40. The summed E-state index contributed by atoms with van der Waals surface area (Å²) < 4.78 is 11.8. The first-order chi connectivity index (χ1) is 10.1. The molecule has 0 bridgehead atoms. The summed E-state index contributed by atoms with van der Waals surface area (Å²) in [6.45, 7) is -0.415. The molecule has 3 heterocycles. The highest BCUT2D eigenvalue weighted by atomic mass is 16.6. The summed E-state index contributed by atoms with van der Waals surface area (Å²) in [5.74, 6) is 0.127. The molecule has 0 unspecified atom stereocenters. The normalized spacial score (nSPS) is 29.1. The molecule has 0 amide bonds. The molecule has 1 fully saturated rings. The van der Waals surface area contributed by atoms with Gasteiger partial charge in [0.1, 0.15) is 18.3 Å². The van der Waals surface area contributed by atoms with Crippen LogP contribution in [0.4, 0.5) is 5.82 Å². The highest BCUT2D eigenvalue weighted by Gasteiger charge is 2.44. The van der Waals surface area contributed by atoms with Crippen LogP contribution in [-0.2, 0) is 4.74 Å². The van der Waals surface area contributed by atoms with E-state index in [1.54, 1.807) is 0 Å². The second-order valence-electron chi connectivity index (χ2n) is 4.65. The summed E-state index contributed by atoms with van der Waals surface area (Å²) in [4.78, 5) is 12.1. The Labute approximate surface area is 118 Å². The minimum atomic E-state index is -1.23. The number of nitrogens with zero attached hydrogens (tertiary/aromatic N) is 4. The number of rotatable bonds is 3. The number of fused-ring (bicyclic) bond motifs is 1. The fourth-order valence-electron chi connectivity index (χ4n) is 2.30. The lowest BCUT2D eigenvalue weighted by atomic mass is 10.1. The number of aromatic nitrogens is 4. The van der Waals surface area contributed by atoms with Crippen LogP contribution in [-0.4, -0.2) is 66.9 Å². The zero-order chi connectivity index (χ0) is 15.1. The molecule has 114 valence electrons. The number of hydrogen-bond acceptors (Lipinski definition) is 9. The fraction of sp³-hybridized carbons (Fsp3) is 0.545. The van der Waals surface area contributed by atoms with Crippen molar-refractivity contribution in [2.75, 3.05) is 19.5 Å². The predicted octanol–water partition coefficient (Wildman–Crippen LogP) is -1.97. The van der Waals surface area contributed by atoms with E-state index in [0.29, 0.717) is 11.2 Å². The topological polar surface area (TPSA) is 149 Å². The Bertz CT molecular complexity index is 662. The van der Waals surface area contributed by atoms with Gasteiger partial charge >= 0.3 is 6.01 Å². The summed E-state index contributed by atoms with van der Waals surface area (Å²) in [5, 5.41) is 29.0. The average molecular weight is 297 g/mol. The number of nitrogen functional groups attached to an aromatic ring is 1. The lowest BCUT2D eigenvalue weighted by Crippen LogP contribution is -2.33. The molecule has 1 saturated heterocycles. The lowest BCUT2D eigenvalue weighted by Gasteiger charge is -2.16. The van der Waals surface area contributed by atoms with Crippen LogP contribution >= 0.6 is 0 Å². The number of ether oxygens (including phenoxy) is 2. The van der Waals surface area contributed by atoms with E-state index in [4.69, 9.17) is 20.3 Å². The average Bonchev–Trinajstić information content (AvgIpc) is 3.02. The molecule has 0 aliphatic carbocycles. The molecule has 2 aromatic rings. The third-order valence-corrected chi connectivity index (χ3v) is 3.40. The van der Waals surface area contributed by atoms with E-state index < -0.39 is 31.1 Å². The van der Waals surface area contributed by atoms with Gasteiger partial charge in [-0.3, -0.25) is 4.57 Å². The predicted molar refractivity (Wildman–Crippen MR) is 69.3 cm³/mol. The summed E-state index contributed by atoms with van der Waals surface area (Å²) >= 11 is 0. The maximum atomic E-state index is 10.0. The molecule has 2 aromatic heterocycles. The van der Waals surface area contributed by atoms with Crippen molar-refractivity contribution in [3.05, 3.63) is 6.33 Å².